The van der Waals surface area contributed by atoms with E-state index in [-0.39, 0.29) is 5.76 Å². The van der Waals surface area contributed by atoms with E-state index in [1.165, 1.54) is 12.5 Å². The van der Waals surface area contributed by atoms with Gasteiger partial charge in [0.25, 0.3) is 5.91 Å². The molecule has 1 aliphatic rings. The summed E-state index contributed by atoms with van der Waals surface area (Å²) in [4.78, 5) is 10.3. The Morgan fingerprint density at radius 3 is 2.89 bits per heavy atom. The van der Waals surface area contributed by atoms with Gasteiger partial charge in [-0.1, -0.05) is 0 Å². The van der Waals surface area contributed by atoms with Gasteiger partial charge in [-0.15, -0.1) is 0 Å². The van der Waals surface area contributed by atoms with Crippen molar-refractivity contribution in [2.45, 2.75) is 0 Å². The third kappa shape index (κ3) is 1.22. The fraction of sp³-hybridized carbons (Fsp3) is 0. The predicted molar refractivity (Wildman–Crippen MR) is 30.6 cm³/mol. The summed E-state index contributed by atoms with van der Waals surface area (Å²) >= 11 is 0. The first-order valence-corrected chi connectivity index (χ1v) is 2.38. The minimum absolute atomic E-state index is 0.123. The maximum atomic E-state index is 10.3. The number of nitrogens with two attached hydrogens (primary N) is 1. The number of carbonyl (C=O) groups excluding carboxylic acids is 1. The average molecular weight is 126 g/mol. The third-order valence-electron chi connectivity index (χ3n) is 0.817. The van der Waals surface area contributed by atoms with Gasteiger partial charge in [0.15, 0.2) is 0 Å². The highest BCUT2D eigenvalue weighted by Gasteiger charge is 2.04. The summed E-state index contributed by atoms with van der Waals surface area (Å²) in [5.41, 5.74) is 4.86. The van der Waals surface area contributed by atoms with Crippen LogP contribution in [0.25, 0.3) is 0 Å². The Morgan fingerprint density at radius 1 is 1.78 bits per heavy atom. The number of primary amides is 1. The topological polar surface area (TPSA) is 64.4 Å². The van der Waals surface area contributed by atoms with Crippen LogP contribution < -0.4 is 11.1 Å². The van der Waals surface area contributed by atoms with Gasteiger partial charge in [-0.2, -0.15) is 0 Å². The summed E-state index contributed by atoms with van der Waals surface area (Å²) < 4.78 is 4.68. The molecule has 1 heterocycles. The molecule has 0 unspecified atom stereocenters. The third-order valence-corrected chi connectivity index (χ3v) is 0.817. The molecule has 0 aromatic heterocycles. The molecule has 0 spiro atoms. The Bertz CT molecular complexity index is 183. The van der Waals surface area contributed by atoms with Crippen LogP contribution in [0.5, 0.6) is 0 Å². The van der Waals surface area contributed by atoms with E-state index in [0.717, 1.165) is 0 Å². The maximum Gasteiger partial charge on any atom is 0.285 e. The Balaban J connectivity index is 2.61. The number of ether oxygens (including phenoxy) is 1. The van der Waals surface area contributed by atoms with Crippen molar-refractivity contribution < 1.29 is 9.53 Å². The zero-order chi connectivity index (χ0) is 6.69. The van der Waals surface area contributed by atoms with Crippen molar-refractivity contribution in [2.24, 2.45) is 5.73 Å². The molecule has 0 atom stereocenters. The number of hydrogen-bond acceptors (Lipinski definition) is 3. The Kier molecular flexibility index (Phi) is 1.40. The van der Waals surface area contributed by atoms with Crippen LogP contribution in [-0.4, -0.2) is 5.91 Å². The lowest BCUT2D eigenvalue weighted by Crippen LogP contribution is -2.18. The molecular weight excluding hydrogens is 120 g/mol. The molecular formula is C5H6N2O2. The van der Waals surface area contributed by atoms with Gasteiger partial charge in [0, 0.05) is 12.4 Å². The predicted octanol–water partition coefficient (Wildman–Crippen LogP) is -0.596. The fourth-order valence-corrected chi connectivity index (χ4v) is 0.434. The second-order valence-electron chi connectivity index (χ2n) is 1.46. The van der Waals surface area contributed by atoms with E-state index >= 15 is 0 Å². The average Bonchev–Trinajstić information content (AvgIpc) is 1.90. The van der Waals surface area contributed by atoms with Crippen molar-refractivity contribution in [3.8, 4) is 0 Å². The Hall–Kier alpha value is -1.45. The summed E-state index contributed by atoms with van der Waals surface area (Å²) in [5.74, 6) is -0.454. The molecule has 0 aliphatic carbocycles. The molecule has 0 aromatic carbocycles. The lowest BCUT2D eigenvalue weighted by Gasteiger charge is -2.05. The van der Waals surface area contributed by atoms with Crippen molar-refractivity contribution in [3.63, 3.8) is 0 Å². The van der Waals surface area contributed by atoms with E-state index < -0.39 is 5.91 Å². The van der Waals surface area contributed by atoms with Crippen molar-refractivity contribution in [2.75, 3.05) is 0 Å². The number of rotatable bonds is 1. The van der Waals surface area contributed by atoms with Gasteiger partial charge in [-0.05, 0) is 0 Å². The van der Waals surface area contributed by atoms with E-state index in [0.29, 0.717) is 0 Å². The van der Waals surface area contributed by atoms with Crippen LogP contribution in [0, 0.1) is 0 Å². The number of amides is 1. The minimum atomic E-state index is -0.577. The molecule has 48 valence electrons. The van der Waals surface area contributed by atoms with Gasteiger partial charge in [0.2, 0.25) is 5.76 Å². The quantitative estimate of drug-likeness (QED) is 0.493. The number of nitrogens with one attached hydrogen (secondary N) is 1. The summed E-state index contributed by atoms with van der Waals surface area (Å²) in [6, 6.07) is 0. The zero-order valence-electron chi connectivity index (χ0n) is 4.63. The monoisotopic (exact) mass is 126 g/mol. The molecule has 1 rings (SSSR count). The van der Waals surface area contributed by atoms with Crippen molar-refractivity contribution in [3.05, 3.63) is 24.4 Å². The number of carbonyl (C=O) groups is 1. The van der Waals surface area contributed by atoms with Gasteiger partial charge in [0.05, 0.1) is 0 Å². The Labute approximate surface area is 52.0 Å². The molecule has 0 radical (unpaired) electrons. The molecule has 3 N–H and O–H groups in total. The van der Waals surface area contributed by atoms with Gasteiger partial charge in [0.1, 0.15) is 6.26 Å². The van der Waals surface area contributed by atoms with Crippen molar-refractivity contribution >= 4 is 5.91 Å². The molecule has 0 saturated carbocycles. The molecule has 0 aromatic rings. The minimum Gasteiger partial charge on any atom is -0.456 e. The molecule has 4 nitrogen and oxygen atoms in total. The summed E-state index contributed by atoms with van der Waals surface area (Å²) in [6.07, 6.45) is 4.29. The van der Waals surface area contributed by atoms with E-state index in [2.05, 4.69) is 10.1 Å². The fourth-order valence-electron chi connectivity index (χ4n) is 0.434. The van der Waals surface area contributed by atoms with Crippen LogP contribution >= 0.6 is 0 Å². The highest BCUT2D eigenvalue weighted by Crippen LogP contribution is 1.98. The summed E-state index contributed by atoms with van der Waals surface area (Å²) in [5, 5.41) is 2.65. The largest absolute Gasteiger partial charge is 0.456 e. The molecule has 1 amide bonds. The van der Waals surface area contributed by atoms with Gasteiger partial charge in [-0.3, -0.25) is 4.79 Å². The summed E-state index contributed by atoms with van der Waals surface area (Å²) in [7, 11) is 0. The van der Waals surface area contributed by atoms with Crippen molar-refractivity contribution in [1.29, 1.82) is 0 Å². The highest BCUT2D eigenvalue weighted by molar-refractivity contribution is 5.89. The standard InChI is InChI=1S/C5H6N2O2/c6-5(8)4-3-7-1-2-9-4/h1-3,7H,(H2,6,8). The highest BCUT2D eigenvalue weighted by atomic mass is 16.5. The van der Waals surface area contributed by atoms with Gasteiger partial charge in [-0.25, -0.2) is 0 Å². The normalized spacial score (nSPS) is 15.3. The Morgan fingerprint density at radius 2 is 2.56 bits per heavy atom. The second-order valence-corrected chi connectivity index (χ2v) is 1.46. The van der Waals surface area contributed by atoms with Gasteiger partial charge >= 0.3 is 0 Å². The lowest BCUT2D eigenvalue weighted by molar-refractivity contribution is -0.117. The van der Waals surface area contributed by atoms with Crippen LogP contribution in [0.1, 0.15) is 0 Å². The van der Waals surface area contributed by atoms with Crippen LogP contribution in [0.4, 0.5) is 0 Å². The van der Waals surface area contributed by atoms with E-state index in [4.69, 9.17) is 5.73 Å². The molecule has 0 saturated heterocycles. The second kappa shape index (κ2) is 2.21. The van der Waals surface area contributed by atoms with Crippen LogP contribution in [0.3, 0.4) is 0 Å². The van der Waals surface area contributed by atoms with Gasteiger partial charge < -0.3 is 15.8 Å². The molecule has 0 fully saturated rings. The van der Waals surface area contributed by atoms with Crippen LogP contribution in [-0.2, 0) is 9.53 Å². The first-order chi connectivity index (χ1) is 4.30. The summed E-state index contributed by atoms with van der Waals surface area (Å²) in [6.45, 7) is 0. The van der Waals surface area contributed by atoms with Crippen LogP contribution in [0.15, 0.2) is 24.4 Å². The van der Waals surface area contributed by atoms with E-state index in [1.54, 1.807) is 6.20 Å². The molecule has 1 aliphatic heterocycles. The molecule has 4 heteroatoms. The first kappa shape index (κ1) is 5.68. The van der Waals surface area contributed by atoms with E-state index in [1.807, 2.05) is 0 Å². The number of hydrogen-bond donors (Lipinski definition) is 2. The SMILES string of the molecule is NC(=O)C1=CNC=CO1. The van der Waals surface area contributed by atoms with E-state index in [9.17, 15) is 4.79 Å². The maximum absolute atomic E-state index is 10.3. The first-order valence-electron chi connectivity index (χ1n) is 2.38. The van der Waals surface area contributed by atoms with Crippen molar-refractivity contribution in [1.82, 2.24) is 5.32 Å². The zero-order valence-corrected chi connectivity index (χ0v) is 4.63. The smallest absolute Gasteiger partial charge is 0.285 e. The molecule has 0 bridgehead atoms. The lowest BCUT2D eigenvalue weighted by atomic mass is 10.5. The molecule has 9 heavy (non-hydrogen) atoms. The van der Waals surface area contributed by atoms with Crippen LogP contribution in [0.2, 0.25) is 0 Å².